The fourth-order valence-corrected chi connectivity index (χ4v) is 10.3. The molecule has 1 atom stereocenters. The molecule has 0 aliphatic heterocycles. The first-order chi connectivity index (χ1) is 20.6. The van der Waals surface area contributed by atoms with Crippen molar-refractivity contribution in [1.82, 2.24) is 9.55 Å². The maximum atomic E-state index is 5.41. The summed E-state index contributed by atoms with van der Waals surface area (Å²) in [5.74, 6) is 0. The third kappa shape index (κ3) is 6.38. The van der Waals surface area contributed by atoms with E-state index in [0.29, 0.717) is 6.71 Å². The van der Waals surface area contributed by atoms with Crippen LogP contribution >= 0.6 is 12.2 Å². The van der Waals surface area contributed by atoms with Gasteiger partial charge in [0, 0.05) is 23.7 Å². The minimum Gasteiger partial charge on any atom is -0.326 e. The minimum absolute atomic E-state index is 0.247. The molecule has 6 rings (SSSR count). The summed E-state index contributed by atoms with van der Waals surface area (Å²) in [5.41, 5.74) is 5.39. The minimum atomic E-state index is -1.58. The number of allylic oxidation sites excluding steroid dienone is 4. The third-order valence-corrected chi connectivity index (χ3v) is 12.6. The molecule has 0 radical (unpaired) electrons. The summed E-state index contributed by atoms with van der Waals surface area (Å²) >= 11 is 5.41. The molecule has 4 aromatic carbocycles. The predicted octanol–water partition coefficient (Wildman–Crippen LogP) is 7.18. The van der Waals surface area contributed by atoms with Crippen molar-refractivity contribution in [1.29, 1.82) is 0 Å². The SMILES string of the molecule is CB(c1ccccc1)c1ccccc1.CC[SiH](C1=CCC(=S)C=C1)C(c1ccccc1)(c1ccccc1)n1ccnc1. The van der Waals surface area contributed by atoms with Crippen LogP contribution in [0.2, 0.25) is 12.9 Å². The largest absolute Gasteiger partial charge is 0.326 e. The Kier molecular flexibility index (Phi) is 9.96. The van der Waals surface area contributed by atoms with E-state index in [4.69, 9.17) is 12.2 Å². The van der Waals surface area contributed by atoms with Crippen LogP contribution in [0, 0.1) is 0 Å². The molecule has 1 aliphatic carbocycles. The second kappa shape index (κ2) is 14.2. The molecule has 0 N–H and O–H groups in total. The molecule has 0 bridgehead atoms. The van der Waals surface area contributed by atoms with Gasteiger partial charge in [-0.15, -0.1) is 0 Å². The molecule has 42 heavy (non-hydrogen) atoms. The van der Waals surface area contributed by atoms with Gasteiger partial charge in [-0.05, 0) is 17.2 Å². The molecule has 0 saturated heterocycles. The normalized spacial score (nSPS) is 13.5. The van der Waals surface area contributed by atoms with Gasteiger partial charge < -0.3 is 4.57 Å². The number of imidazole rings is 1. The Morgan fingerprint density at radius 3 is 1.67 bits per heavy atom. The number of aromatic nitrogens is 2. The summed E-state index contributed by atoms with van der Waals surface area (Å²) in [6.45, 7) is 5.05. The Morgan fingerprint density at radius 1 is 0.762 bits per heavy atom. The average Bonchev–Trinajstić information content (AvgIpc) is 3.61. The first-order valence-corrected chi connectivity index (χ1v) is 17.1. The van der Waals surface area contributed by atoms with Crippen molar-refractivity contribution in [2.75, 3.05) is 0 Å². The fraction of sp³-hybridized carbons (Fsp3) is 0.135. The maximum absolute atomic E-state index is 5.41. The van der Waals surface area contributed by atoms with Gasteiger partial charge in [0.25, 0.3) is 0 Å². The van der Waals surface area contributed by atoms with Gasteiger partial charge in [-0.25, -0.2) is 4.98 Å². The first-order valence-electron chi connectivity index (χ1n) is 14.7. The Labute approximate surface area is 258 Å². The Bertz CT molecular complexity index is 1520. The lowest BCUT2D eigenvalue weighted by molar-refractivity contribution is 0.582. The van der Waals surface area contributed by atoms with Crippen molar-refractivity contribution >= 4 is 43.5 Å². The molecular weight excluding hydrogens is 543 g/mol. The summed E-state index contributed by atoms with van der Waals surface area (Å²) in [5, 5.41) is 1.22. The fourth-order valence-electron chi connectivity index (χ4n) is 6.15. The van der Waals surface area contributed by atoms with Gasteiger partial charge in [0.1, 0.15) is 8.80 Å². The summed E-state index contributed by atoms with van der Waals surface area (Å²) in [7, 11) is -1.58. The molecule has 1 heterocycles. The Morgan fingerprint density at radius 2 is 1.26 bits per heavy atom. The quantitative estimate of drug-likeness (QED) is 0.143. The number of hydrogen-bond acceptors (Lipinski definition) is 2. The standard InChI is InChI=1S/C24H24N2SSi.C13H13B/c1-2-28(23-15-13-22(27)14-16-23)24(26-18-17-25-19-26,20-9-5-3-6-10-20)21-11-7-4-8-12-21;1-14(12-8-4-2-5-9-12)13-10-6-3-7-11-13/h3-13,15-19,28H,2,14H2,1H3;2-11H,1H3. The van der Waals surface area contributed by atoms with Crippen LogP contribution < -0.4 is 10.9 Å². The number of rotatable bonds is 8. The molecule has 208 valence electrons. The van der Waals surface area contributed by atoms with E-state index in [9.17, 15) is 0 Å². The van der Waals surface area contributed by atoms with Crippen molar-refractivity contribution in [3.05, 3.63) is 175 Å². The number of benzene rings is 4. The van der Waals surface area contributed by atoms with Gasteiger partial charge in [0.2, 0.25) is 6.71 Å². The molecule has 5 aromatic rings. The molecule has 1 aliphatic rings. The van der Waals surface area contributed by atoms with Crippen LogP contribution in [0.15, 0.2) is 163 Å². The molecule has 2 nitrogen and oxygen atoms in total. The van der Waals surface area contributed by atoms with E-state index in [-0.39, 0.29) is 5.16 Å². The lowest BCUT2D eigenvalue weighted by Crippen LogP contribution is -2.50. The highest BCUT2D eigenvalue weighted by atomic mass is 32.1. The highest BCUT2D eigenvalue weighted by Crippen LogP contribution is 2.41. The number of nitrogens with zero attached hydrogens (tertiary/aromatic N) is 2. The second-order valence-corrected chi connectivity index (χ2v) is 14.6. The van der Waals surface area contributed by atoms with E-state index in [2.05, 4.69) is 169 Å². The number of hydrogen-bond donors (Lipinski definition) is 0. The van der Waals surface area contributed by atoms with E-state index in [1.807, 2.05) is 12.5 Å². The molecule has 0 spiro atoms. The van der Waals surface area contributed by atoms with Crippen molar-refractivity contribution in [2.24, 2.45) is 0 Å². The molecule has 0 saturated carbocycles. The summed E-state index contributed by atoms with van der Waals surface area (Å²) < 4.78 is 2.33. The van der Waals surface area contributed by atoms with Crippen LogP contribution in [0.25, 0.3) is 0 Å². The maximum Gasteiger partial charge on any atom is 0.206 e. The lowest BCUT2D eigenvalue weighted by Gasteiger charge is -2.43. The van der Waals surface area contributed by atoms with Crippen LogP contribution in [0.1, 0.15) is 24.5 Å². The van der Waals surface area contributed by atoms with Crippen molar-refractivity contribution in [3.8, 4) is 0 Å². The predicted molar refractivity (Wildman–Crippen MR) is 187 cm³/mol. The zero-order valence-electron chi connectivity index (χ0n) is 24.4. The topological polar surface area (TPSA) is 17.8 Å². The smallest absolute Gasteiger partial charge is 0.206 e. The van der Waals surface area contributed by atoms with E-state index in [1.165, 1.54) is 27.2 Å². The van der Waals surface area contributed by atoms with Gasteiger partial charge >= 0.3 is 0 Å². The van der Waals surface area contributed by atoms with E-state index in [1.54, 1.807) is 0 Å². The highest BCUT2D eigenvalue weighted by molar-refractivity contribution is 7.80. The van der Waals surface area contributed by atoms with Crippen LogP contribution in [0.3, 0.4) is 0 Å². The van der Waals surface area contributed by atoms with E-state index in [0.717, 1.165) is 17.3 Å². The van der Waals surface area contributed by atoms with Crippen LogP contribution in [0.4, 0.5) is 0 Å². The monoisotopic (exact) mass is 580 g/mol. The van der Waals surface area contributed by atoms with Crippen LogP contribution in [-0.2, 0) is 5.16 Å². The van der Waals surface area contributed by atoms with Crippen molar-refractivity contribution < 1.29 is 0 Å². The summed E-state index contributed by atoms with van der Waals surface area (Å²) in [6, 6.07) is 44.1. The van der Waals surface area contributed by atoms with Crippen molar-refractivity contribution in [2.45, 2.75) is 31.4 Å². The van der Waals surface area contributed by atoms with Gasteiger partial charge in [0.05, 0.1) is 11.5 Å². The average molecular weight is 581 g/mol. The lowest BCUT2D eigenvalue weighted by atomic mass is 9.43. The molecule has 0 amide bonds. The summed E-state index contributed by atoms with van der Waals surface area (Å²) in [4.78, 5) is 5.45. The molecule has 0 fully saturated rings. The van der Waals surface area contributed by atoms with Crippen LogP contribution in [0.5, 0.6) is 0 Å². The molecule has 1 aromatic heterocycles. The number of thiocarbonyl (C=S) groups is 1. The van der Waals surface area contributed by atoms with E-state index >= 15 is 0 Å². The highest BCUT2D eigenvalue weighted by Gasteiger charge is 2.45. The molecular formula is C37H37BN2SSi. The third-order valence-electron chi connectivity index (χ3n) is 8.25. The molecule has 5 heteroatoms. The van der Waals surface area contributed by atoms with E-state index < -0.39 is 8.80 Å². The Hall–Kier alpha value is -4.06. The Balaban J connectivity index is 0.000000211. The zero-order valence-corrected chi connectivity index (χ0v) is 26.4. The second-order valence-electron chi connectivity index (χ2n) is 10.7. The molecule has 1 unspecified atom stereocenters. The zero-order chi connectivity index (χ0) is 29.2. The first kappa shape index (κ1) is 29.4. The van der Waals surface area contributed by atoms with Crippen molar-refractivity contribution in [3.63, 3.8) is 0 Å². The summed E-state index contributed by atoms with van der Waals surface area (Å²) in [6.07, 6.45) is 13.6. The van der Waals surface area contributed by atoms with Gasteiger partial charge in [0.15, 0.2) is 0 Å². The van der Waals surface area contributed by atoms with Gasteiger partial charge in [-0.3, -0.25) is 0 Å². The van der Waals surface area contributed by atoms with Gasteiger partial charge in [-0.1, -0.05) is 182 Å². The van der Waals surface area contributed by atoms with Gasteiger partial charge in [-0.2, -0.15) is 0 Å². The van der Waals surface area contributed by atoms with Crippen LogP contribution in [-0.4, -0.2) is 29.9 Å².